The van der Waals surface area contributed by atoms with Gasteiger partial charge in [-0.05, 0) is 28.8 Å². The molecule has 0 saturated carbocycles. The number of ether oxygens (including phenoxy) is 1. The van der Waals surface area contributed by atoms with Gasteiger partial charge in [-0.1, -0.05) is 36.4 Å². The van der Waals surface area contributed by atoms with Gasteiger partial charge in [-0.2, -0.15) is 0 Å². The maximum atomic E-state index is 12.9. The zero-order chi connectivity index (χ0) is 25.7. The third-order valence-electron chi connectivity index (χ3n) is 8.07. The summed E-state index contributed by atoms with van der Waals surface area (Å²) in [7, 11) is 0. The summed E-state index contributed by atoms with van der Waals surface area (Å²) >= 11 is 0. The molecule has 10 nitrogen and oxygen atoms in total. The van der Waals surface area contributed by atoms with Crippen LogP contribution in [0.5, 0.6) is 0 Å². The van der Waals surface area contributed by atoms with E-state index in [1.807, 2.05) is 0 Å². The predicted molar refractivity (Wildman–Crippen MR) is 147 cm³/mol. The van der Waals surface area contributed by atoms with Crippen molar-refractivity contribution in [1.82, 2.24) is 36.6 Å². The lowest BCUT2D eigenvalue weighted by molar-refractivity contribution is -0.131. The minimum absolute atomic E-state index is 0.00612. The zero-order valence-corrected chi connectivity index (χ0v) is 21.9. The van der Waals surface area contributed by atoms with Crippen LogP contribution in [-0.2, 0) is 22.6 Å². The van der Waals surface area contributed by atoms with Gasteiger partial charge in [-0.25, -0.2) is 5.43 Å². The minimum Gasteiger partial charge on any atom is -0.379 e. The Morgan fingerprint density at radius 2 is 1.50 bits per heavy atom. The summed E-state index contributed by atoms with van der Waals surface area (Å²) in [5.74, 6) is -0.248. The van der Waals surface area contributed by atoms with E-state index in [4.69, 9.17) is 4.74 Å². The fourth-order valence-electron chi connectivity index (χ4n) is 5.90. The molecule has 38 heavy (non-hydrogen) atoms. The first kappa shape index (κ1) is 25.7. The van der Waals surface area contributed by atoms with Crippen LogP contribution in [0.15, 0.2) is 48.5 Å². The zero-order valence-electron chi connectivity index (χ0n) is 21.9. The number of benzene rings is 2. The molecule has 4 heterocycles. The van der Waals surface area contributed by atoms with Crippen LogP contribution in [0.3, 0.4) is 0 Å². The summed E-state index contributed by atoms with van der Waals surface area (Å²) in [6.45, 7) is 10.4. The van der Waals surface area contributed by atoms with Crippen LogP contribution < -0.4 is 32.1 Å². The Labute approximate surface area is 224 Å². The van der Waals surface area contributed by atoms with Crippen molar-refractivity contribution in [2.45, 2.75) is 31.5 Å². The van der Waals surface area contributed by atoms with Gasteiger partial charge in [0.15, 0.2) is 0 Å². The highest BCUT2D eigenvalue weighted by Crippen LogP contribution is 2.26. The summed E-state index contributed by atoms with van der Waals surface area (Å²) in [6.07, 6.45) is -0.272. The second kappa shape index (κ2) is 12.1. The highest BCUT2D eigenvalue weighted by Gasteiger charge is 2.44. The Bertz CT molecular complexity index is 1050. The molecule has 6 rings (SSSR count). The summed E-state index contributed by atoms with van der Waals surface area (Å²) < 4.78 is 5.47. The van der Waals surface area contributed by atoms with E-state index in [2.05, 4.69) is 90.4 Å². The van der Waals surface area contributed by atoms with Crippen molar-refractivity contribution >= 4 is 11.6 Å². The molecule has 4 fully saturated rings. The SMILES string of the molecule is O=C1NNCC2NC(c3ccc(CN4CCOCC4)cc3)NC(Nc3ccc(CN4CCNCC4)cc3)C12. The summed E-state index contributed by atoms with van der Waals surface area (Å²) in [5, 5.41) is 14.4. The molecular weight excluding hydrogens is 480 g/mol. The molecule has 0 aliphatic carbocycles. The van der Waals surface area contributed by atoms with Crippen molar-refractivity contribution in [3.05, 3.63) is 65.2 Å². The number of rotatable bonds is 7. The molecule has 0 radical (unpaired) electrons. The van der Waals surface area contributed by atoms with Crippen molar-refractivity contribution in [1.29, 1.82) is 0 Å². The van der Waals surface area contributed by atoms with Gasteiger partial charge in [0.25, 0.3) is 0 Å². The van der Waals surface area contributed by atoms with Gasteiger partial charge in [0.05, 0.1) is 31.5 Å². The van der Waals surface area contributed by atoms with E-state index >= 15 is 0 Å². The maximum Gasteiger partial charge on any atom is 0.242 e. The van der Waals surface area contributed by atoms with Gasteiger partial charge >= 0.3 is 0 Å². The molecule has 2 aromatic rings. The van der Waals surface area contributed by atoms with Crippen molar-refractivity contribution in [3.8, 4) is 0 Å². The number of hydrazine groups is 1. The number of nitrogens with one attached hydrogen (secondary N) is 6. The highest BCUT2D eigenvalue weighted by atomic mass is 16.5. The smallest absolute Gasteiger partial charge is 0.242 e. The Hall–Kier alpha value is -2.57. The molecule has 4 unspecified atom stereocenters. The molecule has 4 atom stereocenters. The van der Waals surface area contributed by atoms with Crippen LogP contribution in [0.2, 0.25) is 0 Å². The molecule has 2 aromatic carbocycles. The van der Waals surface area contributed by atoms with Gasteiger partial charge in [0, 0.05) is 70.6 Å². The molecule has 6 N–H and O–H groups in total. The Kier molecular flexibility index (Phi) is 8.17. The van der Waals surface area contributed by atoms with E-state index in [1.165, 1.54) is 16.7 Å². The summed E-state index contributed by atoms with van der Waals surface area (Å²) in [6, 6.07) is 17.5. The highest BCUT2D eigenvalue weighted by molar-refractivity contribution is 5.81. The van der Waals surface area contributed by atoms with Crippen LogP contribution in [-0.4, -0.2) is 86.9 Å². The van der Waals surface area contributed by atoms with Gasteiger partial charge in [-0.15, -0.1) is 0 Å². The molecule has 0 bridgehead atoms. The molecule has 10 heteroatoms. The van der Waals surface area contributed by atoms with E-state index in [9.17, 15) is 4.79 Å². The van der Waals surface area contributed by atoms with E-state index in [-0.39, 0.29) is 30.2 Å². The Morgan fingerprint density at radius 1 is 0.842 bits per heavy atom. The number of carbonyl (C=O) groups excluding carboxylic acids is 1. The average molecular weight is 521 g/mol. The van der Waals surface area contributed by atoms with Crippen LogP contribution in [0.4, 0.5) is 5.69 Å². The number of fused-ring (bicyclic) bond motifs is 1. The lowest BCUT2D eigenvalue weighted by atomic mass is 9.89. The van der Waals surface area contributed by atoms with Crippen LogP contribution in [0.1, 0.15) is 22.9 Å². The first-order chi connectivity index (χ1) is 18.7. The van der Waals surface area contributed by atoms with Crippen LogP contribution in [0.25, 0.3) is 0 Å². The Balaban J connectivity index is 1.13. The van der Waals surface area contributed by atoms with E-state index in [0.717, 1.165) is 71.3 Å². The average Bonchev–Trinajstić information content (AvgIpc) is 2.95. The van der Waals surface area contributed by atoms with Crippen LogP contribution >= 0.6 is 0 Å². The number of carbonyl (C=O) groups is 1. The standard InChI is InChI=1S/C28H40N8O2/c37-28-25-24(17-30-34-28)32-26(22-5-1-20(2-6-22)19-36-13-15-38-16-14-36)33-27(25)31-23-7-3-21(4-8-23)18-35-11-9-29-10-12-35/h1-8,24-27,29-33H,9-19H2,(H,34,37). The second-order valence-corrected chi connectivity index (χ2v) is 10.7. The number of anilines is 1. The molecule has 0 spiro atoms. The van der Waals surface area contributed by atoms with Crippen molar-refractivity contribution < 1.29 is 9.53 Å². The molecule has 4 saturated heterocycles. The number of amides is 1. The van der Waals surface area contributed by atoms with E-state index in [1.54, 1.807) is 0 Å². The van der Waals surface area contributed by atoms with Gasteiger partial charge in [-0.3, -0.25) is 30.7 Å². The lowest BCUT2D eigenvalue weighted by Gasteiger charge is -2.46. The molecule has 1 amide bonds. The third kappa shape index (κ3) is 6.18. The van der Waals surface area contributed by atoms with Gasteiger partial charge in [0.1, 0.15) is 0 Å². The lowest BCUT2D eigenvalue weighted by Crippen LogP contribution is -2.71. The minimum atomic E-state index is -0.242. The summed E-state index contributed by atoms with van der Waals surface area (Å²) in [4.78, 5) is 17.8. The Morgan fingerprint density at radius 3 is 2.21 bits per heavy atom. The quantitative estimate of drug-likeness (QED) is 0.305. The fraction of sp³-hybridized carbons (Fsp3) is 0.536. The predicted octanol–water partition coefficient (Wildman–Crippen LogP) is 0.173. The largest absolute Gasteiger partial charge is 0.379 e. The second-order valence-electron chi connectivity index (χ2n) is 10.7. The molecule has 204 valence electrons. The number of hydrogen-bond donors (Lipinski definition) is 6. The summed E-state index contributed by atoms with van der Waals surface area (Å²) in [5.41, 5.74) is 10.7. The van der Waals surface area contributed by atoms with Crippen molar-refractivity contribution in [2.75, 3.05) is 64.3 Å². The van der Waals surface area contributed by atoms with Gasteiger partial charge in [0.2, 0.25) is 5.91 Å². The van der Waals surface area contributed by atoms with E-state index in [0.29, 0.717) is 6.54 Å². The first-order valence-corrected chi connectivity index (χ1v) is 13.9. The topological polar surface area (TPSA) is 105 Å². The first-order valence-electron chi connectivity index (χ1n) is 13.9. The fourth-order valence-corrected chi connectivity index (χ4v) is 5.90. The van der Waals surface area contributed by atoms with Crippen LogP contribution in [0, 0.1) is 5.92 Å². The van der Waals surface area contributed by atoms with Crippen molar-refractivity contribution in [3.63, 3.8) is 0 Å². The molecular formula is C28H40N8O2. The number of nitrogens with zero attached hydrogens (tertiary/aromatic N) is 2. The van der Waals surface area contributed by atoms with E-state index < -0.39 is 0 Å². The van der Waals surface area contributed by atoms with Crippen molar-refractivity contribution in [2.24, 2.45) is 5.92 Å². The van der Waals surface area contributed by atoms with Gasteiger partial charge < -0.3 is 15.4 Å². The third-order valence-corrected chi connectivity index (χ3v) is 8.07. The maximum absolute atomic E-state index is 12.9. The monoisotopic (exact) mass is 520 g/mol. The number of morpholine rings is 1. The normalized spacial score (nSPS) is 28.9. The number of hydrogen-bond acceptors (Lipinski definition) is 9. The molecule has 4 aliphatic rings. The molecule has 4 aliphatic heterocycles. The number of piperazine rings is 1. The molecule has 0 aromatic heterocycles.